The van der Waals surface area contributed by atoms with Gasteiger partial charge in [0, 0.05) is 38.1 Å². The van der Waals surface area contributed by atoms with Crippen molar-refractivity contribution in [3.63, 3.8) is 0 Å². The Morgan fingerprint density at radius 1 is 1.44 bits per heavy atom. The molecule has 1 aromatic rings. The SMILES string of the molecule is CCCCC1CNCCN1c1ncccn1. The quantitative estimate of drug-likeness (QED) is 0.833. The first-order valence-corrected chi connectivity index (χ1v) is 6.16. The third-order valence-electron chi connectivity index (χ3n) is 3.05. The van der Waals surface area contributed by atoms with Crippen molar-refractivity contribution in [1.29, 1.82) is 0 Å². The van der Waals surface area contributed by atoms with Crippen molar-refractivity contribution in [2.75, 3.05) is 24.5 Å². The Bertz CT molecular complexity index is 301. The van der Waals surface area contributed by atoms with E-state index in [1.807, 2.05) is 18.5 Å². The fourth-order valence-electron chi connectivity index (χ4n) is 2.16. The third-order valence-corrected chi connectivity index (χ3v) is 3.05. The summed E-state index contributed by atoms with van der Waals surface area (Å²) in [6.45, 7) is 5.33. The van der Waals surface area contributed by atoms with Crippen molar-refractivity contribution >= 4 is 5.95 Å². The summed E-state index contributed by atoms with van der Waals surface area (Å²) in [4.78, 5) is 11.0. The second-order valence-electron chi connectivity index (χ2n) is 4.24. The number of rotatable bonds is 4. The summed E-state index contributed by atoms with van der Waals surface area (Å²) in [5.41, 5.74) is 0. The van der Waals surface area contributed by atoms with E-state index in [2.05, 4.69) is 27.1 Å². The number of piperazine rings is 1. The molecule has 1 N–H and O–H groups in total. The zero-order valence-corrected chi connectivity index (χ0v) is 9.89. The van der Waals surface area contributed by atoms with Crippen LogP contribution in [0.3, 0.4) is 0 Å². The van der Waals surface area contributed by atoms with Crippen LogP contribution in [0.15, 0.2) is 18.5 Å². The van der Waals surface area contributed by atoms with Crippen LogP contribution in [-0.4, -0.2) is 35.6 Å². The monoisotopic (exact) mass is 220 g/mol. The van der Waals surface area contributed by atoms with Gasteiger partial charge in [0.2, 0.25) is 5.95 Å². The molecule has 0 radical (unpaired) electrons. The van der Waals surface area contributed by atoms with Gasteiger partial charge >= 0.3 is 0 Å². The van der Waals surface area contributed by atoms with Crippen LogP contribution in [0.25, 0.3) is 0 Å². The third kappa shape index (κ3) is 2.70. The van der Waals surface area contributed by atoms with Gasteiger partial charge in [-0.25, -0.2) is 9.97 Å². The largest absolute Gasteiger partial charge is 0.335 e. The van der Waals surface area contributed by atoms with Crippen LogP contribution in [0, 0.1) is 0 Å². The standard InChI is InChI=1S/C12H20N4/c1-2-3-5-11-10-13-8-9-16(11)12-14-6-4-7-15-12/h4,6-7,11,13H,2-3,5,8-10H2,1H3. The number of hydrogen-bond acceptors (Lipinski definition) is 4. The molecule has 1 saturated heterocycles. The molecule has 0 spiro atoms. The minimum Gasteiger partial charge on any atom is -0.335 e. The molecule has 0 aliphatic carbocycles. The zero-order valence-electron chi connectivity index (χ0n) is 9.89. The fraction of sp³-hybridized carbons (Fsp3) is 0.667. The lowest BCUT2D eigenvalue weighted by Gasteiger charge is -2.36. The number of anilines is 1. The average Bonchev–Trinajstić information content (AvgIpc) is 2.38. The Balaban J connectivity index is 2.04. The maximum Gasteiger partial charge on any atom is 0.225 e. The van der Waals surface area contributed by atoms with E-state index in [-0.39, 0.29) is 0 Å². The Hall–Kier alpha value is -1.16. The van der Waals surface area contributed by atoms with Gasteiger partial charge in [-0.2, -0.15) is 0 Å². The van der Waals surface area contributed by atoms with Crippen molar-refractivity contribution in [2.45, 2.75) is 32.2 Å². The van der Waals surface area contributed by atoms with E-state index in [4.69, 9.17) is 0 Å². The molecule has 1 aromatic heterocycles. The number of aromatic nitrogens is 2. The molecule has 1 aliphatic rings. The summed E-state index contributed by atoms with van der Waals surface area (Å²) in [5.74, 6) is 0.880. The molecule has 88 valence electrons. The number of hydrogen-bond donors (Lipinski definition) is 1. The Morgan fingerprint density at radius 2 is 2.25 bits per heavy atom. The highest BCUT2D eigenvalue weighted by Gasteiger charge is 2.23. The van der Waals surface area contributed by atoms with Crippen LogP contribution in [-0.2, 0) is 0 Å². The highest BCUT2D eigenvalue weighted by Crippen LogP contribution is 2.16. The highest BCUT2D eigenvalue weighted by molar-refractivity contribution is 5.31. The van der Waals surface area contributed by atoms with E-state index in [1.54, 1.807) is 0 Å². The summed E-state index contributed by atoms with van der Waals surface area (Å²) in [6, 6.07) is 2.42. The predicted octanol–water partition coefficient (Wildman–Crippen LogP) is 1.44. The highest BCUT2D eigenvalue weighted by atomic mass is 15.3. The molecule has 0 aromatic carbocycles. The molecule has 0 saturated carbocycles. The van der Waals surface area contributed by atoms with Gasteiger partial charge in [0.05, 0.1) is 0 Å². The van der Waals surface area contributed by atoms with Crippen LogP contribution in [0.1, 0.15) is 26.2 Å². The van der Waals surface area contributed by atoms with Gasteiger partial charge in [-0.05, 0) is 12.5 Å². The van der Waals surface area contributed by atoms with Gasteiger partial charge in [-0.15, -0.1) is 0 Å². The summed E-state index contributed by atoms with van der Waals surface area (Å²) in [7, 11) is 0. The van der Waals surface area contributed by atoms with E-state index in [0.29, 0.717) is 6.04 Å². The normalized spacial score (nSPS) is 21.1. The van der Waals surface area contributed by atoms with Crippen molar-refractivity contribution in [3.05, 3.63) is 18.5 Å². The van der Waals surface area contributed by atoms with Gasteiger partial charge in [0.1, 0.15) is 0 Å². The Labute approximate surface area is 97.1 Å². The van der Waals surface area contributed by atoms with Crippen molar-refractivity contribution < 1.29 is 0 Å². The summed E-state index contributed by atoms with van der Waals surface area (Å²) < 4.78 is 0. The molecule has 1 aliphatic heterocycles. The molecule has 16 heavy (non-hydrogen) atoms. The number of unbranched alkanes of at least 4 members (excludes halogenated alkanes) is 1. The van der Waals surface area contributed by atoms with Gasteiger partial charge in [0.25, 0.3) is 0 Å². The van der Waals surface area contributed by atoms with Crippen LogP contribution < -0.4 is 10.2 Å². The summed E-state index contributed by atoms with van der Waals surface area (Å²) >= 11 is 0. The zero-order chi connectivity index (χ0) is 11.2. The second kappa shape index (κ2) is 5.80. The maximum atomic E-state index is 4.35. The van der Waals surface area contributed by atoms with Crippen molar-refractivity contribution in [2.24, 2.45) is 0 Å². The Kier molecular flexibility index (Phi) is 4.10. The van der Waals surface area contributed by atoms with E-state index in [9.17, 15) is 0 Å². The van der Waals surface area contributed by atoms with Gasteiger partial charge in [0.15, 0.2) is 0 Å². The molecule has 0 bridgehead atoms. The second-order valence-corrected chi connectivity index (χ2v) is 4.24. The van der Waals surface area contributed by atoms with E-state index in [1.165, 1.54) is 19.3 Å². The summed E-state index contributed by atoms with van der Waals surface area (Å²) in [6.07, 6.45) is 7.39. The number of nitrogens with zero attached hydrogens (tertiary/aromatic N) is 3. The first kappa shape index (κ1) is 11.3. The van der Waals surface area contributed by atoms with Crippen LogP contribution in [0.4, 0.5) is 5.95 Å². The molecule has 2 rings (SSSR count). The molecular formula is C12H20N4. The molecular weight excluding hydrogens is 200 g/mol. The van der Waals surface area contributed by atoms with Gasteiger partial charge in [-0.1, -0.05) is 19.8 Å². The van der Waals surface area contributed by atoms with E-state index in [0.717, 1.165) is 25.6 Å². The maximum absolute atomic E-state index is 4.35. The first-order chi connectivity index (χ1) is 7.92. The smallest absolute Gasteiger partial charge is 0.225 e. The minimum absolute atomic E-state index is 0.552. The van der Waals surface area contributed by atoms with Crippen molar-refractivity contribution in [3.8, 4) is 0 Å². The minimum atomic E-state index is 0.552. The van der Waals surface area contributed by atoms with Crippen LogP contribution >= 0.6 is 0 Å². The molecule has 0 amide bonds. The lowest BCUT2D eigenvalue weighted by molar-refractivity contribution is 0.437. The average molecular weight is 220 g/mol. The molecule has 2 heterocycles. The lowest BCUT2D eigenvalue weighted by atomic mass is 10.1. The number of nitrogens with one attached hydrogen (secondary N) is 1. The molecule has 4 heteroatoms. The topological polar surface area (TPSA) is 41.0 Å². The summed E-state index contributed by atoms with van der Waals surface area (Å²) in [5, 5.41) is 3.45. The molecule has 1 unspecified atom stereocenters. The Morgan fingerprint density at radius 3 is 3.00 bits per heavy atom. The van der Waals surface area contributed by atoms with E-state index < -0.39 is 0 Å². The molecule has 1 atom stereocenters. The predicted molar refractivity (Wildman–Crippen MR) is 65.6 cm³/mol. The van der Waals surface area contributed by atoms with Crippen LogP contribution in [0.5, 0.6) is 0 Å². The van der Waals surface area contributed by atoms with Gasteiger partial charge in [-0.3, -0.25) is 0 Å². The van der Waals surface area contributed by atoms with Gasteiger partial charge < -0.3 is 10.2 Å². The molecule has 1 fully saturated rings. The lowest BCUT2D eigenvalue weighted by Crippen LogP contribution is -2.52. The van der Waals surface area contributed by atoms with Crippen LogP contribution in [0.2, 0.25) is 0 Å². The van der Waals surface area contributed by atoms with E-state index >= 15 is 0 Å². The molecule has 4 nitrogen and oxygen atoms in total. The fourth-order valence-corrected chi connectivity index (χ4v) is 2.16. The first-order valence-electron chi connectivity index (χ1n) is 6.16. The van der Waals surface area contributed by atoms with Crippen molar-refractivity contribution in [1.82, 2.24) is 15.3 Å².